The monoisotopic (exact) mass is 348 g/mol. The Balaban J connectivity index is 1.41. The molecule has 0 saturated heterocycles. The van der Waals surface area contributed by atoms with Gasteiger partial charge in [-0.2, -0.15) is 0 Å². The van der Waals surface area contributed by atoms with Crippen LogP contribution in [-0.2, 0) is 6.42 Å². The molecule has 1 aromatic carbocycles. The van der Waals surface area contributed by atoms with Crippen molar-refractivity contribution in [2.45, 2.75) is 78.1 Å². The summed E-state index contributed by atoms with van der Waals surface area (Å²) in [5.74, 6) is 10.3. The summed E-state index contributed by atoms with van der Waals surface area (Å²) in [6, 6.07) is 8.64. The summed E-state index contributed by atoms with van der Waals surface area (Å²) in [7, 11) is 0. The highest BCUT2D eigenvalue weighted by molar-refractivity contribution is 5.38. The van der Waals surface area contributed by atoms with Gasteiger partial charge in [-0.3, -0.25) is 0 Å². The molecular formula is C26H36. The second-order valence-corrected chi connectivity index (χ2v) is 8.54. The third kappa shape index (κ3) is 5.51. The summed E-state index contributed by atoms with van der Waals surface area (Å²) in [6.07, 6.45) is 18.6. The van der Waals surface area contributed by atoms with Gasteiger partial charge < -0.3 is 0 Å². The average molecular weight is 349 g/mol. The van der Waals surface area contributed by atoms with Gasteiger partial charge in [-0.05, 0) is 92.4 Å². The summed E-state index contributed by atoms with van der Waals surface area (Å²) >= 11 is 0. The van der Waals surface area contributed by atoms with Crippen LogP contribution >= 0.6 is 0 Å². The summed E-state index contributed by atoms with van der Waals surface area (Å²) in [5, 5.41) is 0. The van der Waals surface area contributed by atoms with Crippen LogP contribution in [-0.4, -0.2) is 0 Å². The van der Waals surface area contributed by atoms with Crippen molar-refractivity contribution in [2.75, 3.05) is 0 Å². The van der Waals surface area contributed by atoms with Crippen molar-refractivity contribution in [3.05, 3.63) is 47.5 Å². The highest BCUT2D eigenvalue weighted by atomic mass is 14.3. The van der Waals surface area contributed by atoms with Crippen molar-refractivity contribution in [1.82, 2.24) is 0 Å². The lowest BCUT2D eigenvalue weighted by Gasteiger charge is -2.37. The molecule has 1 aromatic rings. The zero-order chi connectivity index (χ0) is 18.2. The zero-order valence-electron chi connectivity index (χ0n) is 16.8. The maximum atomic E-state index is 3.27. The molecule has 0 N–H and O–H groups in total. The molecule has 2 fully saturated rings. The van der Waals surface area contributed by atoms with E-state index in [1.807, 2.05) is 0 Å². The Morgan fingerprint density at radius 1 is 0.846 bits per heavy atom. The smallest absolute Gasteiger partial charge is 0.0249 e. The lowest BCUT2D eigenvalue weighted by atomic mass is 9.69. The number of hydrogen-bond acceptors (Lipinski definition) is 0. The molecule has 3 rings (SSSR count). The fourth-order valence-electron chi connectivity index (χ4n) is 5.01. The fourth-order valence-corrected chi connectivity index (χ4v) is 5.01. The molecule has 0 radical (unpaired) electrons. The summed E-state index contributed by atoms with van der Waals surface area (Å²) < 4.78 is 0. The molecule has 0 heterocycles. The summed E-state index contributed by atoms with van der Waals surface area (Å²) in [5.41, 5.74) is 2.50. The van der Waals surface area contributed by atoms with Gasteiger partial charge in [0.15, 0.2) is 0 Å². The van der Waals surface area contributed by atoms with Crippen molar-refractivity contribution in [2.24, 2.45) is 23.7 Å². The molecule has 26 heavy (non-hydrogen) atoms. The van der Waals surface area contributed by atoms with Gasteiger partial charge in [-0.15, -0.1) is 0 Å². The van der Waals surface area contributed by atoms with Crippen molar-refractivity contribution in [1.29, 1.82) is 0 Å². The predicted octanol–water partition coefficient (Wildman–Crippen LogP) is 7.18. The first-order chi connectivity index (χ1) is 12.8. The maximum Gasteiger partial charge on any atom is 0.0249 e. The predicted molar refractivity (Wildman–Crippen MR) is 113 cm³/mol. The van der Waals surface area contributed by atoms with Crippen LogP contribution in [0, 0.1) is 35.5 Å². The Morgan fingerprint density at radius 2 is 1.46 bits per heavy atom. The summed E-state index contributed by atoms with van der Waals surface area (Å²) in [6.45, 7) is 4.56. The van der Waals surface area contributed by atoms with Crippen LogP contribution in [0.25, 0.3) is 0 Å². The minimum absolute atomic E-state index is 0.759. The quantitative estimate of drug-likeness (QED) is 0.505. The Hall–Kier alpha value is -1.48. The Labute approximate surface area is 161 Å². The van der Waals surface area contributed by atoms with E-state index in [-0.39, 0.29) is 0 Å². The SMILES string of the molecule is CCc1ccc(C#CC=CC2CCC(C3CCC(CC)CC3)CC2)cc1. The molecule has 0 aromatic heterocycles. The van der Waals surface area contributed by atoms with E-state index in [2.05, 4.69) is 62.1 Å². The van der Waals surface area contributed by atoms with E-state index in [4.69, 9.17) is 0 Å². The van der Waals surface area contributed by atoms with E-state index in [0.717, 1.165) is 35.7 Å². The van der Waals surface area contributed by atoms with E-state index in [1.54, 1.807) is 0 Å². The van der Waals surface area contributed by atoms with Gasteiger partial charge in [0.05, 0.1) is 0 Å². The van der Waals surface area contributed by atoms with Crippen molar-refractivity contribution in [3.8, 4) is 11.8 Å². The van der Waals surface area contributed by atoms with Crippen LogP contribution in [0.4, 0.5) is 0 Å². The molecule has 2 saturated carbocycles. The zero-order valence-corrected chi connectivity index (χ0v) is 16.8. The van der Waals surface area contributed by atoms with Crippen molar-refractivity contribution in [3.63, 3.8) is 0 Å². The molecule has 0 atom stereocenters. The van der Waals surface area contributed by atoms with E-state index in [0.29, 0.717) is 0 Å². The first kappa shape index (κ1) is 19.3. The molecule has 2 aliphatic rings. The lowest BCUT2D eigenvalue weighted by Crippen LogP contribution is -2.25. The molecule has 0 spiro atoms. The number of aryl methyl sites for hydroxylation is 1. The normalized spacial score (nSPS) is 29.3. The molecular weight excluding hydrogens is 312 g/mol. The second kappa shape index (κ2) is 10.0. The fraction of sp³-hybridized carbons (Fsp3) is 0.615. The van der Waals surface area contributed by atoms with E-state index >= 15 is 0 Å². The third-order valence-electron chi connectivity index (χ3n) is 6.98. The minimum Gasteiger partial charge on any atom is -0.0730 e. The molecule has 140 valence electrons. The average Bonchev–Trinajstić information content (AvgIpc) is 2.72. The Kier molecular flexibility index (Phi) is 7.43. The second-order valence-electron chi connectivity index (χ2n) is 8.54. The topological polar surface area (TPSA) is 0 Å². The highest BCUT2D eigenvalue weighted by Crippen LogP contribution is 2.42. The lowest BCUT2D eigenvalue weighted by molar-refractivity contribution is 0.154. The van der Waals surface area contributed by atoms with Crippen LogP contribution < -0.4 is 0 Å². The van der Waals surface area contributed by atoms with Gasteiger partial charge in [-0.1, -0.05) is 63.2 Å². The number of benzene rings is 1. The van der Waals surface area contributed by atoms with Gasteiger partial charge in [0.2, 0.25) is 0 Å². The Morgan fingerprint density at radius 3 is 2.04 bits per heavy atom. The molecule has 0 amide bonds. The van der Waals surface area contributed by atoms with E-state index in [1.165, 1.54) is 63.4 Å². The van der Waals surface area contributed by atoms with Gasteiger partial charge in [0.25, 0.3) is 0 Å². The van der Waals surface area contributed by atoms with E-state index in [9.17, 15) is 0 Å². The molecule has 0 aliphatic heterocycles. The highest BCUT2D eigenvalue weighted by Gasteiger charge is 2.29. The van der Waals surface area contributed by atoms with E-state index < -0.39 is 0 Å². The van der Waals surface area contributed by atoms with Crippen molar-refractivity contribution < 1.29 is 0 Å². The largest absolute Gasteiger partial charge is 0.0730 e. The molecule has 0 unspecified atom stereocenters. The number of allylic oxidation sites excluding steroid dienone is 2. The molecule has 0 heteroatoms. The van der Waals surface area contributed by atoms with Crippen LogP contribution in [0.15, 0.2) is 36.4 Å². The van der Waals surface area contributed by atoms with Crippen LogP contribution in [0.3, 0.4) is 0 Å². The number of hydrogen-bond donors (Lipinski definition) is 0. The van der Waals surface area contributed by atoms with Gasteiger partial charge in [0, 0.05) is 5.56 Å². The Bertz CT molecular complexity index is 608. The van der Waals surface area contributed by atoms with Crippen LogP contribution in [0.2, 0.25) is 0 Å². The van der Waals surface area contributed by atoms with Crippen LogP contribution in [0.5, 0.6) is 0 Å². The third-order valence-corrected chi connectivity index (χ3v) is 6.98. The molecule has 2 aliphatic carbocycles. The number of rotatable bonds is 4. The molecule has 0 nitrogen and oxygen atoms in total. The molecule has 0 bridgehead atoms. The van der Waals surface area contributed by atoms with Crippen molar-refractivity contribution >= 4 is 0 Å². The first-order valence-electron chi connectivity index (χ1n) is 11.1. The minimum atomic E-state index is 0.759. The standard InChI is InChI=1S/C26H36/c1-3-21-9-11-23(12-10-21)7-5-6-8-24-15-19-26(20-16-24)25-17-13-22(4-2)14-18-25/h6,8-12,22,24-26H,3-4,13-20H2,1-2H3. The van der Waals surface area contributed by atoms with Gasteiger partial charge in [0.1, 0.15) is 0 Å². The van der Waals surface area contributed by atoms with Gasteiger partial charge in [-0.25, -0.2) is 0 Å². The van der Waals surface area contributed by atoms with Gasteiger partial charge >= 0.3 is 0 Å². The first-order valence-corrected chi connectivity index (χ1v) is 11.1. The summed E-state index contributed by atoms with van der Waals surface area (Å²) in [4.78, 5) is 0. The van der Waals surface area contributed by atoms with Crippen LogP contribution in [0.1, 0.15) is 82.8 Å². The maximum absolute atomic E-state index is 3.27.